The molecule has 0 bridgehead atoms. The highest BCUT2D eigenvalue weighted by Gasteiger charge is 2.28. The smallest absolute Gasteiger partial charge is 0.315 e. The fourth-order valence-electron chi connectivity index (χ4n) is 1.84. The maximum absolute atomic E-state index is 12.0. The van der Waals surface area contributed by atoms with Gasteiger partial charge >= 0.3 is 11.9 Å². The van der Waals surface area contributed by atoms with E-state index in [-0.39, 0.29) is 31.3 Å². The summed E-state index contributed by atoms with van der Waals surface area (Å²) >= 11 is 0. The molecule has 0 aromatic heterocycles. The Labute approximate surface area is 119 Å². The minimum atomic E-state index is -0.519. The van der Waals surface area contributed by atoms with Crippen molar-refractivity contribution in [1.29, 1.82) is 0 Å². The maximum Gasteiger partial charge on any atom is 0.315 e. The molecule has 0 aliphatic heterocycles. The molecular weight excluding hydrogens is 262 g/mol. The van der Waals surface area contributed by atoms with Crippen LogP contribution in [-0.4, -0.2) is 49.0 Å². The van der Waals surface area contributed by atoms with Crippen LogP contribution in [-0.2, 0) is 23.9 Å². The van der Waals surface area contributed by atoms with Gasteiger partial charge in [-0.3, -0.25) is 14.4 Å². The van der Waals surface area contributed by atoms with Gasteiger partial charge in [0.2, 0.25) is 5.91 Å². The molecule has 1 saturated carbocycles. The summed E-state index contributed by atoms with van der Waals surface area (Å²) in [7, 11) is 0. The molecule has 1 aliphatic rings. The van der Waals surface area contributed by atoms with Crippen molar-refractivity contribution in [2.45, 2.75) is 39.5 Å². The third kappa shape index (κ3) is 6.54. The van der Waals surface area contributed by atoms with Crippen LogP contribution < -0.4 is 0 Å². The average Bonchev–Trinajstić information content (AvgIpc) is 3.18. The Bertz CT molecular complexity index is 351. The lowest BCUT2D eigenvalue weighted by Gasteiger charge is -2.21. The second-order valence-corrected chi connectivity index (χ2v) is 4.82. The van der Waals surface area contributed by atoms with E-state index in [0.29, 0.717) is 25.6 Å². The van der Waals surface area contributed by atoms with E-state index in [9.17, 15) is 14.4 Å². The number of carbonyl (C=O) groups excluding carboxylic acids is 3. The Balaban J connectivity index is 2.43. The molecular formula is C14H23NO5. The number of nitrogens with zero attached hydrogens (tertiary/aromatic N) is 1. The summed E-state index contributed by atoms with van der Waals surface area (Å²) < 4.78 is 9.61. The summed E-state index contributed by atoms with van der Waals surface area (Å²) in [6, 6.07) is 0. The van der Waals surface area contributed by atoms with Crippen LogP contribution in [0.5, 0.6) is 0 Å². The van der Waals surface area contributed by atoms with Crippen LogP contribution in [0, 0.1) is 5.92 Å². The van der Waals surface area contributed by atoms with Crippen LogP contribution in [0.4, 0.5) is 0 Å². The number of carbonyl (C=O) groups is 3. The van der Waals surface area contributed by atoms with Crippen LogP contribution >= 0.6 is 0 Å². The van der Waals surface area contributed by atoms with Gasteiger partial charge in [-0.25, -0.2) is 0 Å². The number of rotatable bonds is 9. The van der Waals surface area contributed by atoms with Gasteiger partial charge in [-0.15, -0.1) is 0 Å². The normalized spacial score (nSPS) is 13.7. The number of hydrogen-bond donors (Lipinski definition) is 0. The van der Waals surface area contributed by atoms with E-state index in [4.69, 9.17) is 9.47 Å². The Kier molecular flexibility index (Phi) is 7.04. The summed E-state index contributed by atoms with van der Waals surface area (Å²) in [6.45, 7) is 4.94. The molecule has 0 N–H and O–H groups in total. The maximum atomic E-state index is 12.0. The van der Waals surface area contributed by atoms with Crippen molar-refractivity contribution in [3.05, 3.63) is 0 Å². The highest BCUT2D eigenvalue weighted by molar-refractivity contribution is 5.94. The van der Waals surface area contributed by atoms with Gasteiger partial charge in [0.1, 0.15) is 6.42 Å². The molecule has 1 rings (SSSR count). The minimum Gasteiger partial charge on any atom is -0.466 e. The van der Waals surface area contributed by atoms with Crippen LogP contribution in [0.15, 0.2) is 0 Å². The van der Waals surface area contributed by atoms with E-state index in [1.807, 2.05) is 0 Å². The van der Waals surface area contributed by atoms with Crippen LogP contribution in [0.2, 0.25) is 0 Å². The third-order valence-corrected chi connectivity index (χ3v) is 3.02. The highest BCUT2D eigenvalue weighted by Crippen LogP contribution is 2.30. The first-order valence-corrected chi connectivity index (χ1v) is 7.15. The second kappa shape index (κ2) is 8.55. The Morgan fingerprint density at radius 1 is 1.05 bits per heavy atom. The fraction of sp³-hybridized carbons (Fsp3) is 0.786. The van der Waals surface area contributed by atoms with Crippen molar-refractivity contribution in [2.75, 3.05) is 26.3 Å². The molecule has 1 amide bonds. The quantitative estimate of drug-likeness (QED) is 0.469. The summed E-state index contributed by atoms with van der Waals surface area (Å²) in [4.78, 5) is 36.3. The third-order valence-electron chi connectivity index (χ3n) is 3.02. The van der Waals surface area contributed by atoms with Gasteiger partial charge in [0.25, 0.3) is 0 Å². The molecule has 0 saturated heterocycles. The zero-order valence-electron chi connectivity index (χ0n) is 12.2. The first-order chi connectivity index (χ1) is 9.56. The lowest BCUT2D eigenvalue weighted by Crippen LogP contribution is -2.36. The van der Waals surface area contributed by atoms with E-state index in [0.717, 1.165) is 12.8 Å². The molecule has 0 unspecified atom stereocenters. The molecule has 20 heavy (non-hydrogen) atoms. The lowest BCUT2D eigenvalue weighted by molar-refractivity contribution is -0.149. The number of esters is 2. The largest absolute Gasteiger partial charge is 0.466 e. The fourth-order valence-corrected chi connectivity index (χ4v) is 1.84. The van der Waals surface area contributed by atoms with Crippen molar-refractivity contribution < 1.29 is 23.9 Å². The Hall–Kier alpha value is -1.59. The number of ether oxygens (including phenoxy) is 2. The Morgan fingerprint density at radius 3 is 2.20 bits per heavy atom. The molecule has 1 fully saturated rings. The lowest BCUT2D eigenvalue weighted by atomic mass is 10.2. The highest BCUT2D eigenvalue weighted by atomic mass is 16.5. The second-order valence-electron chi connectivity index (χ2n) is 4.82. The van der Waals surface area contributed by atoms with Gasteiger partial charge in [0, 0.05) is 13.1 Å². The van der Waals surface area contributed by atoms with Gasteiger partial charge in [-0.2, -0.15) is 0 Å². The standard InChI is InChI=1S/C14H23NO5/c1-3-19-13(17)7-8-15(10-11-5-6-11)12(16)9-14(18)20-4-2/h11H,3-10H2,1-2H3. The average molecular weight is 285 g/mol. The number of amides is 1. The van der Waals surface area contributed by atoms with Gasteiger partial charge in [-0.1, -0.05) is 0 Å². The topological polar surface area (TPSA) is 72.9 Å². The summed E-state index contributed by atoms with van der Waals surface area (Å²) in [5.74, 6) is -0.616. The Morgan fingerprint density at radius 2 is 1.65 bits per heavy atom. The zero-order chi connectivity index (χ0) is 15.0. The van der Waals surface area contributed by atoms with Gasteiger partial charge in [0.15, 0.2) is 0 Å². The van der Waals surface area contributed by atoms with Crippen molar-refractivity contribution in [2.24, 2.45) is 5.92 Å². The SMILES string of the molecule is CCOC(=O)CCN(CC1CC1)C(=O)CC(=O)OCC. The van der Waals surface area contributed by atoms with E-state index in [1.165, 1.54) is 0 Å². The molecule has 0 spiro atoms. The molecule has 1 aliphatic carbocycles. The molecule has 0 heterocycles. The van der Waals surface area contributed by atoms with Crippen LogP contribution in [0.1, 0.15) is 39.5 Å². The number of hydrogen-bond acceptors (Lipinski definition) is 5. The first-order valence-electron chi connectivity index (χ1n) is 7.15. The van der Waals surface area contributed by atoms with Crippen LogP contribution in [0.3, 0.4) is 0 Å². The first kappa shape index (κ1) is 16.5. The van der Waals surface area contributed by atoms with Crippen molar-refractivity contribution in [1.82, 2.24) is 4.90 Å². The van der Waals surface area contributed by atoms with Gasteiger partial charge in [0.05, 0.1) is 19.6 Å². The molecule has 6 heteroatoms. The predicted octanol–water partition coefficient (Wildman–Crippen LogP) is 1.13. The molecule has 0 aromatic carbocycles. The van der Waals surface area contributed by atoms with Crippen LogP contribution in [0.25, 0.3) is 0 Å². The van der Waals surface area contributed by atoms with Crippen molar-refractivity contribution >= 4 is 17.8 Å². The van der Waals surface area contributed by atoms with E-state index in [1.54, 1.807) is 18.7 Å². The monoisotopic (exact) mass is 285 g/mol. The summed E-state index contributed by atoms with van der Waals surface area (Å²) in [5, 5.41) is 0. The predicted molar refractivity (Wildman–Crippen MR) is 71.8 cm³/mol. The van der Waals surface area contributed by atoms with E-state index >= 15 is 0 Å². The van der Waals surface area contributed by atoms with Crippen molar-refractivity contribution in [3.63, 3.8) is 0 Å². The molecule has 0 atom stereocenters. The van der Waals surface area contributed by atoms with Gasteiger partial charge < -0.3 is 14.4 Å². The summed E-state index contributed by atoms with van der Waals surface area (Å²) in [6.07, 6.45) is 2.10. The zero-order valence-corrected chi connectivity index (χ0v) is 12.2. The van der Waals surface area contributed by atoms with Crippen molar-refractivity contribution in [3.8, 4) is 0 Å². The summed E-state index contributed by atoms with van der Waals surface area (Å²) in [5.41, 5.74) is 0. The molecule has 114 valence electrons. The molecule has 0 aromatic rings. The molecule has 0 radical (unpaired) electrons. The van der Waals surface area contributed by atoms with E-state index in [2.05, 4.69) is 0 Å². The molecule has 6 nitrogen and oxygen atoms in total. The van der Waals surface area contributed by atoms with E-state index < -0.39 is 5.97 Å². The van der Waals surface area contributed by atoms with Gasteiger partial charge in [-0.05, 0) is 32.6 Å². The minimum absolute atomic E-state index is 0.162.